The van der Waals surface area contributed by atoms with Gasteiger partial charge in [-0.15, -0.1) is 0 Å². The summed E-state index contributed by atoms with van der Waals surface area (Å²) in [7, 11) is 4.34. The Morgan fingerprint density at radius 1 is 0.909 bits per heavy atom. The van der Waals surface area contributed by atoms with Crippen LogP contribution in [-0.2, 0) is 4.74 Å². The van der Waals surface area contributed by atoms with Gasteiger partial charge >= 0.3 is 0 Å². The Morgan fingerprint density at radius 3 is 2.39 bits per heavy atom. The molecule has 0 radical (unpaired) electrons. The summed E-state index contributed by atoms with van der Waals surface area (Å²) in [5, 5.41) is 3.63. The van der Waals surface area contributed by atoms with Crippen molar-refractivity contribution in [1.82, 2.24) is 24.8 Å². The Morgan fingerprint density at radius 2 is 1.67 bits per heavy atom. The van der Waals surface area contributed by atoms with Gasteiger partial charge in [0.2, 0.25) is 5.95 Å². The van der Waals surface area contributed by atoms with Crippen LogP contribution in [0.2, 0.25) is 0 Å². The van der Waals surface area contributed by atoms with Gasteiger partial charge in [0.25, 0.3) is 0 Å². The molecule has 2 aliphatic heterocycles. The van der Waals surface area contributed by atoms with Crippen molar-refractivity contribution in [2.45, 2.75) is 51.0 Å². The molecule has 0 aromatic carbocycles. The molecule has 0 unspecified atom stereocenters. The van der Waals surface area contributed by atoms with E-state index in [0.29, 0.717) is 25.2 Å². The lowest BCUT2D eigenvalue weighted by atomic mass is 9.89. The second-order valence-electron chi connectivity index (χ2n) is 9.93. The van der Waals surface area contributed by atoms with Crippen LogP contribution in [0.4, 0.5) is 17.6 Å². The summed E-state index contributed by atoms with van der Waals surface area (Å²) in [5.74, 6) is 3.27. The molecular formula is C24H38N8O. The Bertz CT molecular complexity index is 918. The monoisotopic (exact) mass is 454 g/mol. The van der Waals surface area contributed by atoms with E-state index < -0.39 is 0 Å². The number of nitrogens with one attached hydrogen (secondary N) is 1. The molecule has 0 bridgehead atoms. The van der Waals surface area contributed by atoms with E-state index in [2.05, 4.69) is 44.1 Å². The molecule has 3 fully saturated rings. The molecule has 2 aromatic heterocycles. The van der Waals surface area contributed by atoms with Gasteiger partial charge in [0.1, 0.15) is 17.4 Å². The number of fused-ring (bicyclic) bond motifs is 1. The molecule has 3 aliphatic rings. The normalized spacial score (nSPS) is 21.2. The number of aromatic nitrogens is 4. The van der Waals surface area contributed by atoms with Crippen LogP contribution in [0.15, 0.2) is 6.33 Å². The summed E-state index contributed by atoms with van der Waals surface area (Å²) in [6.07, 6.45) is 10.6. The third-order valence-electron chi connectivity index (χ3n) is 7.52. The first-order valence-corrected chi connectivity index (χ1v) is 12.7. The fraction of sp³-hybridized carbons (Fsp3) is 0.750. The average Bonchev–Trinajstić information content (AvgIpc) is 2.88. The molecule has 9 nitrogen and oxygen atoms in total. The van der Waals surface area contributed by atoms with E-state index in [1.165, 1.54) is 32.1 Å². The number of rotatable bonds is 6. The van der Waals surface area contributed by atoms with Gasteiger partial charge in [-0.2, -0.15) is 4.98 Å². The van der Waals surface area contributed by atoms with E-state index in [9.17, 15) is 0 Å². The first kappa shape index (κ1) is 22.5. The molecule has 1 saturated carbocycles. The van der Waals surface area contributed by atoms with Crippen molar-refractivity contribution in [3.05, 3.63) is 6.33 Å². The summed E-state index contributed by atoms with van der Waals surface area (Å²) in [6, 6.07) is 0.622. The van der Waals surface area contributed by atoms with E-state index in [1.54, 1.807) is 6.33 Å². The quantitative estimate of drug-likeness (QED) is 0.708. The second kappa shape index (κ2) is 10.3. The van der Waals surface area contributed by atoms with Gasteiger partial charge in [-0.1, -0.05) is 19.3 Å². The number of nitrogens with zero attached hydrogens (tertiary/aromatic N) is 7. The lowest BCUT2D eigenvalue weighted by molar-refractivity contribution is 0.122. The zero-order valence-corrected chi connectivity index (χ0v) is 20.2. The summed E-state index contributed by atoms with van der Waals surface area (Å²) in [6.45, 7) is 5.96. The molecule has 0 atom stereocenters. The lowest BCUT2D eigenvalue weighted by Crippen LogP contribution is -2.43. The van der Waals surface area contributed by atoms with Gasteiger partial charge in [0.15, 0.2) is 11.6 Å². The van der Waals surface area contributed by atoms with Gasteiger partial charge in [-0.25, -0.2) is 15.0 Å². The highest BCUT2D eigenvalue weighted by Crippen LogP contribution is 2.31. The van der Waals surface area contributed by atoms with Crippen molar-refractivity contribution in [3.63, 3.8) is 0 Å². The minimum absolute atomic E-state index is 0.622. The number of morpholine rings is 1. The van der Waals surface area contributed by atoms with E-state index in [1.807, 2.05) is 0 Å². The van der Waals surface area contributed by atoms with Gasteiger partial charge < -0.3 is 24.8 Å². The minimum atomic E-state index is 0.622. The number of anilines is 3. The fourth-order valence-corrected chi connectivity index (χ4v) is 5.40. The van der Waals surface area contributed by atoms with Crippen molar-refractivity contribution in [1.29, 1.82) is 0 Å². The molecule has 1 aliphatic carbocycles. The van der Waals surface area contributed by atoms with E-state index in [0.717, 1.165) is 74.2 Å². The molecule has 0 amide bonds. The summed E-state index contributed by atoms with van der Waals surface area (Å²) in [5.41, 5.74) is 1.68. The third-order valence-corrected chi connectivity index (χ3v) is 7.52. The van der Waals surface area contributed by atoms with Crippen LogP contribution in [0.1, 0.15) is 44.9 Å². The molecule has 1 N–H and O–H groups in total. The van der Waals surface area contributed by atoms with E-state index >= 15 is 0 Å². The van der Waals surface area contributed by atoms with Crippen molar-refractivity contribution < 1.29 is 4.74 Å². The molecule has 0 spiro atoms. The Labute approximate surface area is 196 Å². The molecule has 4 heterocycles. The summed E-state index contributed by atoms with van der Waals surface area (Å²) in [4.78, 5) is 26.3. The Balaban J connectivity index is 1.46. The lowest BCUT2D eigenvalue weighted by Gasteiger charge is -2.36. The molecule has 33 heavy (non-hydrogen) atoms. The standard InChI is InChI=1S/C24H38N8O/c1-30(2)19-8-10-32(11-9-19)24-28-20-21(23(29-24)31-12-14-33-15-13-31)26-17-27-22(20)25-16-18-6-4-3-5-7-18/h17-19H,3-16H2,1-2H3,(H,25,26,27). The zero-order valence-electron chi connectivity index (χ0n) is 20.2. The van der Waals surface area contributed by atoms with Crippen LogP contribution in [-0.4, -0.2) is 90.9 Å². The van der Waals surface area contributed by atoms with E-state index in [-0.39, 0.29) is 0 Å². The SMILES string of the molecule is CN(C)C1CCN(c2nc(N3CCOCC3)c3ncnc(NCC4CCCCC4)c3n2)CC1. The highest BCUT2D eigenvalue weighted by atomic mass is 16.5. The van der Waals surface area contributed by atoms with Crippen LogP contribution < -0.4 is 15.1 Å². The van der Waals surface area contributed by atoms with E-state index in [4.69, 9.17) is 14.7 Å². The van der Waals surface area contributed by atoms with Crippen LogP contribution in [0.25, 0.3) is 11.0 Å². The maximum absolute atomic E-state index is 5.60. The van der Waals surface area contributed by atoms with Crippen LogP contribution >= 0.6 is 0 Å². The maximum atomic E-state index is 5.60. The van der Waals surface area contributed by atoms with Crippen molar-refractivity contribution in [2.75, 3.05) is 75.1 Å². The van der Waals surface area contributed by atoms with Crippen molar-refractivity contribution in [2.24, 2.45) is 5.92 Å². The third kappa shape index (κ3) is 5.14. The molecule has 9 heteroatoms. The van der Waals surface area contributed by atoms with Gasteiger partial charge in [-0.05, 0) is 45.7 Å². The predicted octanol–water partition coefficient (Wildman–Crippen LogP) is 2.78. The fourth-order valence-electron chi connectivity index (χ4n) is 5.40. The minimum Gasteiger partial charge on any atom is -0.378 e. The number of ether oxygens (including phenoxy) is 1. The predicted molar refractivity (Wildman–Crippen MR) is 132 cm³/mol. The maximum Gasteiger partial charge on any atom is 0.228 e. The number of hydrogen-bond acceptors (Lipinski definition) is 9. The van der Waals surface area contributed by atoms with Crippen LogP contribution in [0, 0.1) is 5.92 Å². The molecule has 2 saturated heterocycles. The molecule has 2 aromatic rings. The largest absolute Gasteiger partial charge is 0.378 e. The summed E-state index contributed by atoms with van der Waals surface area (Å²) >= 11 is 0. The molecular weight excluding hydrogens is 416 g/mol. The number of hydrogen-bond donors (Lipinski definition) is 1. The summed E-state index contributed by atoms with van der Waals surface area (Å²) < 4.78 is 5.60. The molecule has 180 valence electrons. The van der Waals surface area contributed by atoms with Gasteiger partial charge in [0.05, 0.1) is 13.2 Å². The van der Waals surface area contributed by atoms with Gasteiger partial charge in [-0.3, -0.25) is 0 Å². The average molecular weight is 455 g/mol. The van der Waals surface area contributed by atoms with Gasteiger partial charge in [0, 0.05) is 38.8 Å². The highest BCUT2D eigenvalue weighted by Gasteiger charge is 2.26. The smallest absolute Gasteiger partial charge is 0.228 e. The molecule has 5 rings (SSSR count). The number of piperidine rings is 1. The Kier molecular flexibility index (Phi) is 7.06. The highest BCUT2D eigenvalue weighted by molar-refractivity contribution is 5.93. The zero-order chi connectivity index (χ0) is 22.6. The van der Waals surface area contributed by atoms with Crippen LogP contribution in [0.3, 0.4) is 0 Å². The first-order valence-electron chi connectivity index (χ1n) is 12.7. The van der Waals surface area contributed by atoms with Crippen molar-refractivity contribution >= 4 is 28.6 Å². The van der Waals surface area contributed by atoms with Crippen LogP contribution in [0.5, 0.6) is 0 Å². The Hall–Kier alpha value is -2.26. The second-order valence-corrected chi connectivity index (χ2v) is 9.93. The van der Waals surface area contributed by atoms with Crippen molar-refractivity contribution in [3.8, 4) is 0 Å². The topological polar surface area (TPSA) is 82.5 Å². The first-order chi connectivity index (χ1) is 16.2.